The van der Waals surface area contributed by atoms with E-state index in [0.29, 0.717) is 18.4 Å². The van der Waals surface area contributed by atoms with E-state index in [9.17, 15) is 9.59 Å². The van der Waals surface area contributed by atoms with Crippen molar-refractivity contribution < 1.29 is 23.1 Å². The maximum absolute atomic E-state index is 16.8. The molecule has 0 radical (unpaired) electrons. The molecule has 0 heterocycles. The first-order chi connectivity index (χ1) is 13.1. The van der Waals surface area contributed by atoms with E-state index in [4.69, 9.17) is 4.74 Å². The van der Waals surface area contributed by atoms with Crippen molar-refractivity contribution in [1.29, 1.82) is 0 Å². The quantitative estimate of drug-likeness (QED) is 0.628. The summed E-state index contributed by atoms with van der Waals surface area (Å²) in [4.78, 5) is 23.6. The van der Waals surface area contributed by atoms with Crippen molar-refractivity contribution in [3.05, 3.63) is 23.8 Å². The zero-order chi connectivity index (χ0) is 20.5. The SMILES string of the molecule is CC[C@]12CC[C@@]3(F)[C@@H](C[C@H](F)C4=CC(=O)C=C[C@@]43C)[C@@H]1C[C@@H](C)[C@H]2OC(C)=O. The number of ketones is 1. The van der Waals surface area contributed by atoms with Gasteiger partial charge in [-0.2, -0.15) is 0 Å². The van der Waals surface area contributed by atoms with Gasteiger partial charge in [0.05, 0.1) is 0 Å². The number of halogens is 2. The first kappa shape index (κ1) is 19.8. The van der Waals surface area contributed by atoms with E-state index < -0.39 is 23.2 Å². The van der Waals surface area contributed by atoms with Gasteiger partial charge in [-0.15, -0.1) is 0 Å². The van der Waals surface area contributed by atoms with Crippen LogP contribution in [0.5, 0.6) is 0 Å². The molecule has 28 heavy (non-hydrogen) atoms. The average molecular weight is 392 g/mol. The lowest BCUT2D eigenvalue weighted by Gasteiger charge is -2.61. The third kappa shape index (κ3) is 2.37. The molecule has 0 amide bonds. The summed E-state index contributed by atoms with van der Waals surface area (Å²) in [6, 6.07) is 0. The van der Waals surface area contributed by atoms with Gasteiger partial charge in [-0.25, -0.2) is 8.78 Å². The highest BCUT2D eigenvalue weighted by Gasteiger charge is 2.70. The zero-order valence-electron chi connectivity index (χ0n) is 17.1. The number of ether oxygens (including phenoxy) is 1. The third-order valence-corrected chi connectivity index (χ3v) is 8.57. The number of hydrogen-bond donors (Lipinski definition) is 0. The first-order valence-electron chi connectivity index (χ1n) is 10.5. The van der Waals surface area contributed by atoms with E-state index >= 15 is 8.78 Å². The van der Waals surface area contributed by atoms with E-state index in [2.05, 4.69) is 13.8 Å². The molecule has 0 saturated heterocycles. The summed E-state index contributed by atoms with van der Waals surface area (Å²) in [5.74, 6) is -0.916. The van der Waals surface area contributed by atoms with E-state index in [-0.39, 0.29) is 41.5 Å². The van der Waals surface area contributed by atoms with Crippen LogP contribution in [0.15, 0.2) is 23.8 Å². The summed E-state index contributed by atoms with van der Waals surface area (Å²) in [6.07, 6.45) is 5.29. The number of carbonyl (C=O) groups is 2. The van der Waals surface area contributed by atoms with Gasteiger partial charge in [0.25, 0.3) is 0 Å². The lowest BCUT2D eigenvalue weighted by molar-refractivity contribution is -0.174. The molecule has 5 heteroatoms. The van der Waals surface area contributed by atoms with Crippen molar-refractivity contribution in [3.8, 4) is 0 Å². The molecule has 0 aromatic rings. The maximum Gasteiger partial charge on any atom is 0.302 e. The second kappa shape index (κ2) is 6.24. The molecule has 3 nitrogen and oxygen atoms in total. The van der Waals surface area contributed by atoms with Crippen molar-refractivity contribution in [3.63, 3.8) is 0 Å². The van der Waals surface area contributed by atoms with Crippen LogP contribution in [0.3, 0.4) is 0 Å². The normalized spacial score (nSPS) is 49.7. The van der Waals surface area contributed by atoms with Gasteiger partial charge in [0.1, 0.15) is 17.9 Å². The Morgan fingerprint density at radius 1 is 1.29 bits per heavy atom. The van der Waals surface area contributed by atoms with Crippen molar-refractivity contribution in [2.75, 3.05) is 0 Å². The van der Waals surface area contributed by atoms with Crippen LogP contribution >= 0.6 is 0 Å². The maximum atomic E-state index is 16.8. The summed E-state index contributed by atoms with van der Waals surface area (Å²) in [5, 5.41) is 0. The molecule has 0 unspecified atom stereocenters. The van der Waals surface area contributed by atoms with Crippen molar-refractivity contribution in [2.45, 2.75) is 77.7 Å². The number of esters is 1. The Balaban J connectivity index is 1.78. The molecule has 4 rings (SSSR count). The zero-order valence-corrected chi connectivity index (χ0v) is 17.1. The molecule has 0 aromatic carbocycles. The average Bonchev–Trinajstić information content (AvgIpc) is 2.91. The monoisotopic (exact) mass is 392 g/mol. The number of alkyl halides is 2. The standard InChI is InChI=1S/C23H30F2O3/c1-5-22-8-9-23(25)17(16(22)10-13(2)20(22)28-14(3)26)12-19(24)18-11-15(27)6-7-21(18,23)4/h6-7,11,13,16-17,19-20H,5,8-10,12H2,1-4H3/t13-,16+,17+,19+,20-,21+,22+,23-/m1/s1. The van der Waals surface area contributed by atoms with Crippen LogP contribution in [0.1, 0.15) is 59.8 Å². The van der Waals surface area contributed by atoms with Gasteiger partial charge in [-0.3, -0.25) is 9.59 Å². The molecule has 4 aliphatic rings. The molecule has 0 N–H and O–H groups in total. The van der Waals surface area contributed by atoms with E-state index in [1.165, 1.54) is 19.1 Å². The van der Waals surface area contributed by atoms with Gasteiger partial charge < -0.3 is 4.74 Å². The molecular weight excluding hydrogens is 362 g/mol. The summed E-state index contributed by atoms with van der Waals surface area (Å²) < 4.78 is 37.8. The summed E-state index contributed by atoms with van der Waals surface area (Å²) in [7, 11) is 0. The Kier molecular flexibility index (Phi) is 4.41. The van der Waals surface area contributed by atoms with E-state index in [0.717, 1.165) is 12.8 Å². The van der Waals surface area contributed by atoms with Crippen molar-refractivity contribution in [2.24, 2.45) is 28.6 Å². The molecule has 0 bridgehead atoms. The molecule has 0 aromatic heterocycles. The van der Waals surface area contributed by atoms with Crippen molar-refractivity contribution in [1.82, 2.24) is 0 Å². The van der Waals surface area contributed by atoms with Crippen molar-refractivity contribution >= 4 is 11.8 Å². The van der Waals surface area contributed by atoms with E-state index in [1.54, 1.807) is 13.0 Å². The van der Waals surface area contributed by atoms with Crippen LogP contribution < -0.4 is 0 Å². The molecule has 4 aliphatic carbocycles. The highest BCUT2D eigenvalue weighted by Crippen LogP contribution is 2.69. The fraction of sp³-hybridized carbons (Fsp3) is 0.739. The molecule has 0 aliphatic heterocycles. The number of allylic oxidation sites excluding steroid dienone is 4. The van der Waals surface area contributed by atoms with Gasteiger partial charge in [0.2, 0.25) is 0 Å². The van der Waals surface area contributed by atoms with Crippen LogP contribution in [0.2, 0.25) is 0 Å². The Labute approximate surface area is 165 Å². The van der Waals surface area contributed by atoms with Gasteiger partial charge in [-0.05, 0) is 68.6 Å². The fourth-order valence-corrected chi connectivity index (χ4v) is 7.24. The van der Waals surface area contributed by atoms with Gasteiger partial charge in [-0.1, -0.05) is 19.9 Å². The minimum atomic E-state index is -1.59. The van der Waals surface area contributed by atoms with Gasteiger partial charge in [0.15, 0.2) is 5.78 Å². The molecule has 8 atom stereocenters. The van der Waals surface area contributed by atoms with Crippen LogP contribution in [-0.2, 0) is 14.3 Å². The Bertz CT molecular complexity index is 774. The smallest absolute Gasteiger partial charge is 0.302 e. The highest BCUT2D eigenvalue weighted by atomic mass is 19.1. The van der Waals surface area contributed by atoms with Gasteiger partial charge in [0, 0.05) is 23.7 Å². The van der Waals surface area contributed by atoms with Crippen LogP contribution in [0.4, 0.5) is 8.78 Å². The number of fused-ring (bicyclic) bond motifs is 5. The van der Waals surface area contributed by atoms with E-state index in [1.807, 2.05) is 0 Å². The minimum absolute atomic E-state index is 0.0294. The number of hydrogen-bond acceptors (Lipinski definition) is 3. The lowest BCUT2D eigenvalue weighted by Crippen LogP contribution is -2.62. The fourth-order valence-electron chi connectivity index (χ4n) is 7.24. The second-order valence-corrected chi connectivity index (χ2v) is 9.65. The predicted molar refractivity (Wildman–Crippen MR) is 102 cm³/mol. The topological polar surface area (TPSA) is 43.4 Å². The Hall–Kier alpha value is -1.52. The Morgan fingerprint density at radius 2 is 2.00 bits per heavy atom. The molecule has 3 saturated carbocycles. The highest BCUT2D eigenvalue weighted by molar-refractivity contribution is 6.01. The first-order valence-corrected chi connectivity index (χ1v) is 10.5. The summed E-state index contributed by atoms with van der Waals surface area (Å²) in [5.41, 5.74) is -2.68. The minimum Gasteiger partial charge on any atom is -0.462 e. The molecule has 3 fully saturated rings. The van der Waals surface area contributed by atoms with Crippen LogP contribution in [0.25, 0.3) is 0 Å². The molecule has 154 valence electrons. The van der Waals surface area contributed by atoms with Gasteiger partial charge >= 0.3 is 5.97 Å². The molecule has 0 spiro atoms. The summed E-state index contributed by atoms with van der Waals surface area (Å²) >= 11 is 0. The third-order valence-electron chi connectivity index (χ3n) is 8.57. The van der Waals surface area contributed by atoms with Crippen LogP contribution in [-0.4, -0.2) is 29.7 Å². The number of carbonyl (C=O) groups excluding carboxylic acids is 2. The van der Waals surface area contributed by atoms with Crippen LogP contribution in [0, 0.1) is 28.6 Å². The molecular formula is C23H30F2O3. The summed E-state index contributed by atoms with van der Waals surface area (Å²) in [6.45, 7) is 7.31. The second-order valence-electron chi connectivity index (χ2n) is 9.65. The lowest BCUT2D eigenvalue weighted by atomic mass is 9.45. The largest absolute Gasteiger partial charge is 0.462 e. The number of rotatable bonds is 2. The Morgan fingerprint density at radius 3 is 2.64 bits per heavy atom. The predicted octanol–water partition coefficient (Wildman–Crippen LogP) is 4.90.